The summed E-state index contributed by atoms with van der Waals surface area (Å²) in [5.41, 5.74) is 2.13. The van der Waals surface area contributed by atoms with E-state index in [9.17, 15) is 10.1 Å². The monoisotopic (exact) mass is 281 g/mol. The Morgan fingerprint density at radius 1 is 1.33 bits per heavy atom. The lowest BCUT2D eigenvalue weighted by Gasteiger charge is -1.99. The first-order valence-corrected chi connectivity index (χ1v) is 9.00. The third-order valence-electron chi connectivity index (χ3n) is 1.55. The number of nitrogens with zero attached hydrogens (tertiary/aromatic N) is 1. The minimum atomic E-state index is -2.82. The molecule has 80 valence electrons. The van der Waals surface area contributed by atoms with E-state index in [1.807, 2.05) is 0 Å². The molecule has 0 aliphatic rings. The van der Waals surface area contributed by atoms with Crippen LogP contribution in [0.4, 0.5) is 5.69 Å². The maximum Gasteiger partial charge on any atom is 0.365 e. The van der Waals surface area contributed by atoms with Gasteiger partial charge in [-0.25, -0.2) is 0 Å². The van der Waals surface area contributed by atoms with Gasteiger partial charge in [-0.15, -0.1) is 33.2 Å². The van der Waals surface area contributed by atoms with Gasteiger partial charge in [0.15, 0.2) is 0 Å². The molecule has 0 bridgehead atoms. The van der Waals surface area contributed by atoms with Gasteiger partial charge >= 0.3 is 6.00 Å². The highest BCUT2D eigenvalue weighted by atomic mass is 35.8. The van der Waals surface area contributed by atoms with Crippen LogP contribution in [-0.2, 0) is 0 Å². The summed E-state index contributed by atoms with van der Waals surface area (Å²) in [5.74, 6) is 0. The Hall–Kier alpha value is -0.553. The van der Waals surface area contributed by atoms with Crippen LogP contribution in [0.1, 0.15) is 5.56 Å². The summed E-state index contributed by atoms with van der Waals surface area (Å²) in [6.07, 6.45) is 1.58. The molecule has 7 heteroatoms. The molecule has 0 N–H and O–H groups in total. The lowest BCUT2D eigenvalue weighted by Crippen LogP contribution is -2.02. The molecule has 0 saturated heterocycles. The fourth-order valence-electron chi connectivity index (χ4n) is 0.933. The molecule has 15 heavy (non-hydrogen) atoms. The largest absolute Gasteiger partial charge is 0.365 e. The summed E-state index contributed by atoms with van der Waals surface area (Å²) >= 11 is 16.9. The Morgan fingerprint density at radius 2 is 2.00 bits per heavy atom. The first-order valence-electron chi connectivity index (χ1n) is 3.89. The fraction of sp³-hybridized carbons (Fsp3) is 0. The summed E-state index contributed by atoms with van der Waals surface area (Å²) in [7, 11) is 0. The second kappa shape index (κ2) is 4.98. The molecule has 0 aliphatic heterocycles. The van der Waals surface area contributed by atoms with Crippen LogP contribution in [-0.4, -0.2) is 10.9 Å². The van der Waals surface area contributed by atoms with Crippen LogP contribution in [0.15, 0.2) is 30.0 Å². The van der Waals surface area contributed by atoms with Crippen molar-refractivity contribution in [1.82, 2.24) is 0 Å². The summed E-state index contributed by atoms with van der Waals surface area (Å²) in [6.45, 7) is 0. The topological polar surface area (TPSA) is 43.1 Å². The van der Waals surface area contributed by atoms with E-state index in [2.05, 4.69) is 0 Å². The first-order chi connectivity index (χ1) is 6.88. The van der Waals surface area contributed by atoms with Crippen LogP contribution in [0.25, 0.3) is 6.08 Å². The van der Waals surface area contributed by atoms with Crippen LogP contribution in [0.2, 0.25) is 0 Å². The number of hydrogen-bond donors (Lipinski definition) is 0. The zero-order valence-corrected chi connectivity index (χ0v) is 10.6. The lowest BCUT2D eigenvalue weighted by atomic mass is 10.2. The zero-order valence-electron chi connectivity index (χ0n) is 7.36. The van der Waals surface area contributed by atoms with Gasteiger partial charge in [0.1, 0.15) is 0 Å². The summed E-state index contributed by atoms with van der Waals surface area (Å²) < 4.78 is 0. The highest BCUT2D eigenvalue weighted by Crippen LogP contribution is 2.23. The maximum atomic E-state index is 10.5. The van der Waals surface area contributed by atoms with Gasteiger partial charge < -0.3 is 0 Å². The van der Waals surface area contributed by atoms with Crippen molar-refractivity contribution in [2.75, 3.05) is 0 Å². The number of halogens is 3. The van der Waals surface area contributed by atoms with Crippen LogP contribution >= 0.6 is 33.2 Å². The van der Waals surface area contributed by atoms with E-state index in [0.29, 0.717) is 5.56 Å². The number of benzene rings is 1. The Balaban J connectivity index is 2.92. The van der Waals surface area contributed by atoms with Crippen molar-refractivity contribution >= 4 is 51.0 Å². The van der Waals surface area contributed by atoms with Crippen LogP contribution in [0.3, 0.4) is 0 Å². The minimum absolute atomic E-state index is 0.0168. The average Bonchev–Trinajstić information content (AvgIpc) is 2.14. The molecule has 0 spiro atoms. The lowest BCUT2D eigenvalue weighted by molar-refractivity contribution is -0.384. The van der Waals surface area contributed by atoms with Gasteiger partial charge in [-0.05, 0) is 5.56 Å². The molecule has 3 nitrogen and oxygen atoms in total. The molecule has 1 aromatic rings. The molecule has 0 aromatic heterocycles. The van der Waals surface area contributed by atoms with Crippen LogP contribution < -0.4 is 0 Å². The van der Waals surface area contributed by atoms with Gasteiger partial charge in [0.2, 0.25) is 0 Å². The maximum absolute atomic E-state index is 10.5. The van der Waals surface area contributed by atoms with Crippen molar-refractivity contribution in [3.63, 3.8) is 0 Å². The Bertz CT molecular complexity index is 403. The van der Waals surface area contributed by atoms with Crippen molar-refractivity contribution < 1.29 is 4.92 Å². The van der Waals surface area contributed by atoms with E-state index >= 15 is 0 Å². The van der Waals surface area contributed by atoms with E-state index in [-0.39, 0.29) is 5.69 Å². The number of nitro groups is 1. The minimum Gasteiger partial charge on any atom is -0.258 e. The number of nitro benzene ring substituents is 1. The smallest absolute Gasteiger partial charge is 0.258 e. The molecule has 1 aromatic carbocycles. The molecular weight excluding hydrogens is 277 g/mol. The second-order valence-corrected chi connectivity index (χ2v) is 11.3. The fourth-order valence-corrected chi connectivity index (χ4v) is 1.88. The zero-order chi connectivity index (χ0) is 11.5. The quantitative estimate of drug-likeness (QED) is 0.366. The Labute approximate surface area is 102 Å². The highest BCUT2D eigenvalue weighted by molar-refractivity contribution is 7.66. The summed E-state index contributed by atoms with van der Waals surface area (Å²) in [5, 5.41) is 10.5. The molecule has 0 atom stereocenters. The Kier molecular flexibility index (Phi) is 4.16. The first kappa shape index (κ1) is 12.5. The van der Waals surface area contributed by atoms with Gasteiger partial charge in [-0.1, -0.05) is 23.9 Å². The van der Waals surface area contributed by atoms with E-state index in [4.69, 9.17) is 33.2 Å². The van der Waals surface area contributed by atoms with E-state index in [1.54, 1.807) is 18.2 Å². The van der Waals surface area contributed by atoms with Gasteiger partial charge in [-0.3, -0.25) is 10.1 Å². The molecule has 0 saturated carbocycles. The van der Waals surface area contributed by atoms with Crippen LogP contribution in [0, 0.1) is 10.1 Å². The molecular formula is C8H6Cl3NO2Si. The van der Waals surface area contributed by atoms with Gasteiger partial charge in [0, 0.05) is 12.1 Å². The number of non-ortho nitro benzene ring substituents is 1. The molecule has 0 fully saturated rings. The highest BCUT2D eigenvalue weighted by Gasteiger charge is 2.19. The number of rotatable bonds is 3. The average molecular weight is 283 g/mol. The van der Waals surface area contributed by atoms with Crippen LogP contribution in [0.5, 0.6) is 0 Å². The molecule has 0 amide bonds. The van der Waals surface area contributed by atoms with Gasteiger partial charge in [-0.2, -0.15) is 0 Å². The summed E-state index contributed by atoms with van der Waals surface area (Å²) in [6, 6.07) is 3.29. The molecule has 1 rings (SSSR count). The van der Waals surface area contributed by atoms with Crippen molar-refractivity contribution in [2.45, 2.75) is 0 Å². The predicted molar refractivity (Wildman–Crippen MR) is 65.4 cm³/mol. The van der Waals surface area contributed by atoms with Crippen molar-refractivity contribution in [3.8, 4) is 0 Å². The normalized spacial score (nSPS) is 11.9. The van der Waals surface area contributed by atoms with Crippen molar-refractivity contribution in [2.24, 2.45) is 0 Å². The summed E-state index contributed by atoms with van der Waals surface area (Å²) in [4.78, 5) is 10.00. The molecule has 0 aliphatic carbocycles. The van der Waals surface area contributed by atoms with Crippen molar-refractivity contribution in [3.05, 3.63) is 45.6 Å². The molecule has 0 heterocycles. The van der Waals surface area contributed by atoms with E-state index in [0.717, 1.165) is 0 Å². The van der Waals surface area contributed by atoms with E-state index < -0.39 is 10.9 Å². The molecule has 0 unspecified atom stereocenters. The third-order valence-corrected chi connectivity index (χ3v) is 3.22. The molecule has 0 radical (unpaired) electrons. The third kappa shape index (κ3) is 4.66. The SMILES string of the molecule is O=[N+]([O-])c1cccc(/C=C/[Si](Cl)(Cl)Cl)c1. The number of hydrogen-bond acceptors (Lipinski definition) is 2. The van der Waals surface area contributed by atoms with Gasteiger partial charge in [0.25, 0.3) is 5.69 Å². The Morgan fingerprint density at radius 3 is 2.53 bits per heavy atom. The van der Waals surface area contributed by atoms with Gasteiger partial charge in [0.05, 0.1) is 4.92 Å². The van der Waals surface area contributed by atoms with E-state index in [1.165, 1.54) is 17.8 Å². The van der Waals surface area contributed by atoms with Crippen molar-refractivity contribution in [1.29, 1.82) is 0 Å². The second-order valence-electron chi connectivity index (χ2n) is 2.73. The standard InChI is InChI=1S/C8H6Cl3NO2Si/c9-15(10,11)5-4-7-2-1-3-8(6-7)12(13)14/h1-6H/b5-4+. The predicted octanol–water partition coefficient (Wildman–Crippen LogP) is 3.80.